The van der Waals surface area contributed by atoms with Gasteiger partial charge in [0.05, 0.1) is 0 Å². The van der Waals surface area contributed by atoms with E-state index in [-0.39, 0.29) is 18.6 Å². The van der Waals surface area contributed by atoms with Gasteiger partial charge < -0.3 is 15.7 Å². The highest BCUT2D eigenvalue weighted by molar-refractivity contribution is 6.39. The van der Waals surface area contributed by atoms with Crippen LogP contribution in [0.3, 0.4) is 0 Å². The Morgan fingerprint density at radius 3 is 2.27 bits per heavy atom. The Kier molecular flexibility index (Phi) is 7.05. The van der Waals surface area contributed by atoms with Crippen molar-refractivity contribution in [3.8, 4) is 0 Å². The van der Waals surface area contributed by atoms with Gasteiger partial charge in [-0.05, 0) is 48.9 Å². The molecule has 0 saturated carbocycles. The van der Waals surface area contributed by atoms with Crippen LogP contribution in [0.15, 0.2) is 18.2 Å². The summed E-state index contributed by atoms with van der Waals surface area (Å²) < 4.78 is 0. The third-order valence-corrected chi connectivity index (χ3v) is 3.93. The van der Waals surface area contributed by atoms with Crippen LogP contribution in [0.25, 0.3) is 0 Å². The number of hydrogen-bond acceptors (Lipinski definition) is 3. The molecule has 0 aliphatic rings. The average Bonchev–Trinajstić information content (AvgIpc) is 2.53. The van der Waals surface area contributed by atoms with Gasteiger partial charge in [0.25, 0.3) is 0 Å². The standard InChI is InChI=1S/C17H26N2O3/c1-5-13-7-8-15(9-14(13)6-2)19-17(22)16(21)18-12(4)11(3)10-20/h7-9,11-12,20H,5-6,10H2,1-4H3,(H,18,21)(H,19,22). The second-order valence-corrected chi connectivity index (χ2v) is 5.57. The molecule has 5 nitrogen and oxygen atoms in total. The largest absolute Gasteiger partial charge is 0.396 e. The lowest BCUT2D eigenvalue weighted by Gasteiger charge is -2.19. The van der Waals surface area contributed by atoms with Gasteiger partial charge in [0.2, 0.25) is 0 Å². The first-order chi connectivity index (χ1) is 10.4. The predicted molar refractivity (Wildman–Crippen MR) is 87.7 cm³/mol. The molecule has 1 aromatic rings. The number of hydrogen-bond donors (Lipinski definition) is 3. The summed E-state index contributed by atoms with van der Waals surface area (Å²) in [7, 11) is 0. The van der Waals surface area contributed by atoms with Crippen molar-refractivity contribution in [2.75, 3.05) is 11.9 Å². The summed E-state index contributed by atoms with van der Waals surface area (Å²) in [6, 6.07) is 5.42. The molecule has 0 heterocycles. The minimum absolute atomic E-state index is 0.0403. The van der Waals surface area contributed by atoms with Crippen molar-refractivity contribution in [2.45, 2.75) is 46.6 Å². The topological polar surface area (TPSA) is 78.4 Å². The van der Waals surface area contributed by atoms with Crippen LogP contribution in [-0.4, -0.2) is 29.6 Å². The van der Waals surface area contributed by atoms with Crippen LogP contribution in [0.5, 0.6) is 0 Å². The minimum atomic E-state index is -0.691. The van der Waals surface area contributed by atoms with Gasteiger partial charge in [0.1, 0.15) is 0 Å². The summed E-state index contributed by atoms with van der Waals surface area (Å²) in [5, 5.41) is 14.3. The van der Waals surface area contributed by atoms with E-state index in [4.69, 9.17) is 5.11 Å². The summed E-state index contributed by atoms with van der Waals surface area (Å²) in [6.07, 6.45) is 1.82. The molecule has 1 aromatic carbocycles. The van der Waals surface area contributed by atoms with Crippen molar-refractivity contribution in [2.24, 2.45) is 5.92 Å². The lowest BCUT2D eigenvalue weighted by molar-refractivity contribution is -0.136. The third-order valence-electron chi connectivity index (χ3n) is 3.93. The maximum atomic E-state index is 11.9. The molecule has 0 bridgehead atoms. The van der Waals surface area contributed by atoms with Crippen LogP contribution in [0.2, 0.25) is 0 Å². The number of benzene rings is 1. The van der Waals surface area contributed by atoms with Crippen molar-refractivity contribution >= 4 is 17.5 Å². The Morgan fingerprint density at radius 1 is 1.09 bits per heavy atom. The number of nitrogens with one attached hydrogen (secondary N) is 2. The van der Waals surface area contributed by atoms with Crippen molar-refractivity contribution in [1.82, 2.24) is 5.32 Å². The normalized spacial score (nSPS) is 13.3. The van der Waals surface area contributed by atoms with E-state index >= 15 is 0 Å². The lowest BCUT2D eigenvalue weighted by Crippen LogP contribution is -2.44. The van der Waals surface area contributed by atoms with Crippen LogP contribution >= 0.6 is 0 Å². The van der Waals surface area contributed by atoms with Gasteiger partial charge in [-0.2, -0.15) is 0 Å². The highest BCUT2D eigenvalue weighted by atomic mass is 16.3. The van der Waals surface area contributed by atoms with Crippen molar-refractivity contribution in [3.63, 3.8) is 0 Å². The smallest absolute Gasteiger partial charge is 0.313 e. The number of amides is 2. The zero-order valence-electron chi connectivity index (χ0n) is 13.8. The van der Waals surface area contributed by atoms with E-state index in [0.29, 0.717) is 5.69 Å². The molecule has 1 rings (SSSR count). The highest BCUT2D eigenvalue weighted by Crippen LogP contribution is 2.17. The van der Waals surface area contributed by atoms with Crippen molar-refractivity contribution < 1.29 is 14.7 Å². The van der Waals surface area contributed by atoms with Crippen LogP contribution in [0.4, 0.5) is 5.69 Å². The number of carbonyl (C=O) groups is 2. The molecule has 0 aliphatic heterocycles. The molecule has 2 atom stereocenters. The molecule has 122 valence electrons. The van der Waals surface area contributed by atoms with Crippen molar-refractivity contribution in [3.05, 3.63) is 29.3 Å². The Hall–Kier alpha value is -1.88. The number of aryl methyl sites for hydroxylation is 2. The van der Waals surface area contributed by atoms with E-state index < -0.39 is 11.8 Å². The van der Waals surface area contributed by atoms with Gasteiger partial charge in [-0.25, -0.2) is 0 Å². The SMILES string of the molecule is CCc1ccc(NC(=O)C(=O)NC(C)C(C)CO)cc1CC. The second-order valence-electron chi connectivity index (χ2n) is 5.57. The fourth-order valence-electron chi connectivity index (χ4n) is 2.14. The highest BCUT2D eigenvalue weighted by Gasteiger charge is 2.19. The number of aliphatic hydroxyl groups excluding tert-OH is 1. The maximum Gasteiger partial charge on any atom is 0.313 e. The first-order valence-electron chi connectivity index (χ1n) is 7.77. The number of rotatable bonds is 6. The third kappa shape index (κ3) is 4.84. The molecule has 22 heavy (non-hydrogen) atoms. The molecule has 0 saturated heterocycles. The fraction of sp³-hybridized carbons (Fsp3) is 0.529. The zero-order valence-corrected chi connectivity index (χ0v) is 13.8. The average molecular weight is 306 g/mol. The quantitative estimate of drug-likeness (QED) is 0.702. The fourth-order valence-corrected chi connectivity index (χ4v) is 2.14. The van der Waals surface area contributed by atoms with Crippen LogP contribution in [0, 0.1) is 5.92 Å². The first-order valence-corrected chi connectivity index (χ1v) is 7.77. The zero-order chi connectivity index (χ0) is 16.7. The van der Waals surface area contributed by atoms with Gasteiger partial charge in [-0.15, -0.1) is 0 Å². The second kappa shape index (κ2) is 8.54. The Morgan fingerprint density at radius 2 is 1.73 bits per heavy atom. The molecule has 5 heteroatoms. The van der Waals surface area contributed by atoms with E-state index in [1.165, 1.54) is 11.1 Å². The van der Waals surface area contributed by atoms with Gasteiger partial charge in [-0.1, -0.05) is 26.8 Å². The molecule has 3 N–H and O–H groups in total. The summed E-state index contributed by atoms with van der Waals surface area (Å²) in [5.74, 6) is -1.49. The first kappa shape index (κ1) is 18.2. The lowest BCUT2D eigenvalue weighted by atomic mass is 10.0. The molecule has 0 fully saturated rings. The molecular formula is C17H26N2O3. The van der Waals surface area contributed by atoms with Crippen LogP contribution in [-0.2, 0) is 22.4 Å². The predicted octanol–water partition coefficient (Wildman–Crippen LogP) is 1.88. The molecule has 0 aromatic heterocycles. The van der Waals surface area contributed by atoms with E-state index in [0.717, 1.165) is 12.8 Å². The Bertz CT molecular complexity index is 529. The van der Waals surface area contributed by atoms with E-state index in [1.807, 2.05) is 18.2 Å². The van der Waals surface area contributed by atoms with E-state index in [2.05, 4.69) is 24.5 Å². The molecule has 0 spiro atoms. The minimum Gasteiger partial charge on any atom is -0.396 e. The van der Waals surface area contributed by atoms with Gasteiger partial charge in [-0.3, -0.25) is 9.59 Å². The van der Waals surface area contributed by atoms with E-state index in [1.54, 1.807) is 13.8 Å². The molecular weight excluding hydrogens is 280 g/mol. The molecule has 2 amide bonds. The molecule has 0 radical (unpaired) electrons. The summed E-state index contributed by atoms with van der Waals surface area (Å²) in [6.45, 7) is 7.67. The Labute approximate surface area is 132 Å². The maximum absolute atomic E-state index is 11.9. The molecule has 0 aliphatic carbocycles. The number of carbonyl (C=O) groups excluding carboxylic acids is 2. The monoisotopic (exact) mass is 306 g/mol. The van der Waals surface area contributed by atoms with Gasteiger partial charge in [0.15, 0.2) is 0 Å². The summed E-state index contributed by atoms with van der Waals surface area (Å²) in [5.41, 5.74) is 3.04. The van der Waals surface area contributed by atoms with Crippen LogP contribution in [0.1, 0.15) is 38.8 Å². The van der Waals surface area contributed by atoms with Gasteiger partial charge >= 0.3 is 11.8 Å². The van der Waals surface area contributed by atoms with Crippen molar-refractivity contribution in [1.29, 1.82) is 0 Å². The summed E-state index contributed by atoms with van der Waals surface area (Å²) >= 11 is 0. The van der Waals surface area contributed by atoms with E-state index in [9.17, 15) is 9.59 Å². The summed E-state index contributed by atoms with van der Waals surface area (Å²) in [4.78, 5) is 23.8. The number of anilines is 1. The molecule has 2 unspecified atom stereocenters. The Balaban J connectivity index is 2.70. The number of aliphatic hydroxyl groups is 1. The van der Waals surface area contributed by atoms with Crippen LogP contribution < -0.4 is 10.6 Å². The van der Waals surface area contributed by atoms with Gasteiger partial charge in [0, 0.05) is 18.3 Å².